The van der Waals surface area contributed by atoms with Crippen molar-refractivity contribution in [2.24, 2.45) is 5.92 Å². The van der Waals surface area contributed by atoms with E-state index in [0.717, 1.165) is 6.42 Å². The van der Waals surface area contributed by atoms with E-state index in [4.69, 9.17) is 4.42 Å². The molecule has 3 rings (SSSR count). The lowest BCUT2D eigenvalue weighted by atomic mass is 10.1. The van der Waals surface area contributed by atoms with E-state index in [1.807, 2.05) is 6.92 Å². The zero-order valence-corrected chi connectivity index (χ0v) is 13.9. The highest BCUT2D eigenvalue weighted by Crippen LogP contribution is 2.21. The van der Waals surface area contributed by atoms with Crippen molar-refractivity contribution in [1.82, 2.24) is 14.7 Å². The Balaban J connectivity index is 1.58. The summed E-state index contributed by atoms with van der Waals surface area (Å²) in [6, 6.07) is 1.65. The first kappa shape index (κ1) is 16.5. The largest absolute Gasteiger partial charge is 0.472 e. The number of amides is 3. The first-order chi connectivity index (χ1) is 11.6. The molecule has 0 spiro atoms. The molecular formula is C17H23N3O4. The second-order valence-electron chi connectivity index (χ2n) is 6.32. The molecule has 130 valence electrons. The van der Waals surface area contributed by atoms with Gasteiger partial charge in [0.2, 0.25) is 11.8 Å². The summed E-state index contributed by atoms with van der Waals surface area (Å²) in [5.41, 5.74) is 0.537. The summed E-state index contributed by atoms with van der Waals surface area (Å²) < 4.78 is 4.97. The van der Waals surface area contributed by atoms with Crippen LogP contribution in [0.15, 0.2) is 23.0 Å². The van der Waals surface area contributed by atoms with Crippen LogP contribution in [0.4, 0.5) is 0 Å². The van der Waals surface area contributed by atoms with Crippen molar-refractivity contribution in [1.29, 1.82) is 0 Å². The summed E-state index contributed by atoms with van der Waals surface area (Å²) in [6.45, 7) is 5.37. The first-order valence-electron chi connectivity index (χ1n) is 8.48. The van der Waals surface area contributed by atoms with Gasteiger partial charge in [0, 0.05) is 45.7 Å². The Morgan fingerprint density at radius 2 is 1.96 bits per heavy atom. The van der Waals surface area contributed by atoms with Gasteiger partial charge in [0.1, 0.15) is 6.26 Å². The highest BCUT2D eigenvalue weighted by atomic mass is 16.3. The smallest absolute Gasteiger partial charge is 0.257 e. The number of carbonyl (C=O) groups excluding carboxylic acids is 3. The SMILES string of the molecule is CCN1CC(C(=O)N2CCCN(C(=O)c3ccoc3)CC2)CC1=O. The minimum atomic E-state index is -0.242. The van der Waals surface area contributed by atoms with Crippen molar-refractivity contribution in [3.63, 3.8) is 0 Å². The zero-order valence-electron chi connectivity index (χ0n) is 13.9. The average molecular weight is 333 g/mol. The van der Waals surface area contributed by atoms with E-state index in [0.29, 0.717) is 51.3 Å². The fourth-order valence-electron chi connectivity index (χ4n) is 3.41. The van der Waals surface area contributed by atoms with Crippen LogP contribution in [0.5, 0.6) is 0 Å². The summed E-state index contributed by atoms with van der Waals surface area (Å²) in [5.74, 6) is -0.209. The van der Waals surface area contributed by atoms with E-state index in [-0.39, 0.29) is 23.6 Å². The highest BCUT2D eigenvalue weighted by molar-refractivity contribution is 5.94. The molecule has 0 N–H and O–H groups in total. The molecule has 2 saturated heterocycles. The molecule has 0 bridgehead atoms. The number of nitrogens with zero attached hydrogens (tertiary/aromatic N) is 3. The maximum absolute atomic E-state index is 12.7. The lowest BCUT2D eigenvalue weighted by molar-refractivity contribution is -0.135. The van der Waals surface area contributed by atoms with Gasteiger partial charge in [-0.1, -0.05) is 0 Å². The van der Waals surface area contributed by atoms with Crippen LogP contribution in [0.1, 0.15) is 30.1 Å². The minimum absolute atomic E-state index is 0.0388. The summed E-state index contributed by atoms with van der Waals surface area (Å²) in [6.07, 6.45) is 3.98. The molecule has 2 fully saturated rings. The van der Waals surface area contributed by atoms with Crippen LogP contribution in [0, 0.1) is 5.92 Å². The molecule has 24 heavy (non-hydrogen) atoms. The van der Waals surface area contributed by atoms with Crippen LogP contribution in [-0.4, -0.2) is 71.7 Å². The second kappa shape index (κ2) is 7.07. The molecule has 3 heterocycles. The molecule has 7 nitrogen and oxygen atoms in total. The van der Waals surface area contributed by atoms with Gasteiger partial charge in [0.05, 0.1) is 17.7 Å². The maximum Gasteiger partial charge on any atom is 0.257 e. The molecule has 1 aromatic heterocycles. The van der Waals surface area contributed by atoms with Crippen LogP contribution in [0.25, 0.3) is 0 Å². The van der Waals surface area contributed by atoms with Crippen LogP contribution >= 0.6 is 0 Å². The van der Waals surface area contributed by atoms with Crippen LogP contribution in [0.3, 0.4) is 0 Å². The van der Waals surface area contributed by atoms with Crippen LogP contribution < -0.4 is 0 Å². The third kappa shape index (κ3) is 3.29. The van der Waals surface area contributed by atoms with Crippen molar-refractivity contribution in [2.45, 2.75) is 19.8 Å². The van der Waals surface area contributed by atoms with Crippen molar-refractivity contribution >= 4 is 17.7 Å². The molecule has 1 aromatic rings. The van der Waals surface area contributed by atoms with Crippen molar-refractivity contribution < 1.29 is 18.8 Å². The van der Waals surface area contributed by atoms with Gasteiger partial charge >= 0.3 is 0 Å². The lowest BCUT2D eigenvalue weighted by Crippen LogP contribution is -2.40. The lowest BCUT2D eigenvalue weighted by Gasteiger charge is -2.24. The van der Waals surface area contributed by atoms with Gasteiger partial charge in [-0.3, -0.25) is 14.4 Å². The normalized spacial score (nSPS) is 22.0. The zero-order chi connectivity index (χ0) is 17.1. The molecule has 2 aliphatic rings. The van der Waals surface area contributed by atoms with Gasteiger partial charge < -0.3 is 19.1 Å². The van der Waals surface area contributed by atoms with E-state index in [2.05, 4.69) is 0 Å². The Labute approximate surface area is 141 Å². The van der Waals surface area contributed by atoms with Gasteiger partial charge in [0.25, 0.3) is 5.91 Å². The van der Waals surface area contributed by atoms with Gasteiger partial charge in [-0.05, 0) is 19.4 Å². The predicted molar refractivity (Wildman–Crippen MR) is 86.2 cm³/mol. The Morgan fingerprint density at radius 3 is 2.62 bits per heavy atom. The van der Waals surface area contributed by atoms with Crippen molar-refractivity contribution in [3.8, 4) is 0 Å². The van der Waals surface area contributed by atoms with Gasteiger partial charge in [0.15, 0.2) is 0 Å². The topological polar surface area (TPSA) is 74.1 Å². The van der Waals surface area contributed by atoms with E-state index in [9.17, 15) is 14.4 Å². The molecule has 0 saturated carbocycles. The Hall–Kier alpha value is -2.31. The summed E-state index contributed by atoms with van der Waals surface area (Å²) in [5, 5.41) is 0. The Morgan fingerprint density at radius 1 is 1.21 bits per heavy atom. The number of furan rings is 1. The number of hydrogen-bond donors (Lipinski definition) is 0. The fourth-order valence-corrected chi connectivity index (χ4v) is 3.41. The molecule has 3 amide bonds. The highest BCUT2D eigenvalue weighted by Gasteiger charge is 2.36. The maximum atomic E-state index is 12.7. The molecule has 0 aromatic carbocycles. The van der Waals surface area contributed by atoms with Crippen LogP contribution in [-0.2, 0) is 9.59 Å². The van der Waals surface area contributed by atoms with Crippen molar-refractivity contribution in [3.05, 3.63) is 24.2 Å². The predicted octanol–water partition coefficient (Wildman–Crippen LogP) is 0.823. The fraction of sp³-hybridized carbons (Fsp3) is 0.588. The molecule has 2 aliphatic heterocycles. The standard InChI is InChI=1S/C17H23N3O4/c1-2-18-11-14(10-15(18)21)17(23)20-6-3-5-19(7-8-20)16(22)13-4-9-24-12-13/h4,9,12,14H,2-3,5-8,10-11H2,1H3. The second-order valence-corrected chi connectivity index (χ2v) is 6.32. The van der Waals surface area contributed by atoms with Gasteiger partial charge in [-0.25, -0.2) is 0 Å². The third-order valence-corrected chi connectivity index (χ3v) is 4.81. The summed E-state index contributed by atoms with van der Waals surface area (Å²) >= 11 is 0. The number of likely N-dealkylation sites (tertiary alicyclic amines) is 1. The monoisotopic (exact) mass is 333 g/mol. The van der Waals surface area contributed by atoms with Crippen LogP contribution in [0.2, 0.25) is 0 Å². The van der Waals surface area contributed by atoms with E-state index in [1.54, 1.807) is 20.8 Å². The van der Waals surface area contributed by atoms with Gasteiger partial charge in [-0.2, -0.15) is 0 Å². The Bertz CT molecular complexity index is 613. The number of hydrogen-bond acceptors (Lipinski definition) is 4. The number of rotatable bonds is 3. The van der Waals surface area contributed by atoms with E-state index >= 15 is 0 Å². The number of carbonyl (C=O) groups is 3. The molecule has 1 atom stereocenters. The first-order valence-corrected chi connectivity index (χ1v) is 8.48. The molecule has 0 aliphatic carbocycles. The molecule has 1 unspecified atom stereocenters. The van der Waals surface area contributed by atoms with Gasteiger partial charge in [-0.15, -0.1) is 0 Å². The minimum Gasteiger partial charge on any atom is -0.472 e. The molecule has 0 radical (unpaired) electrons. The summed E-state index contributed by atoms with van der Waals surface area (Å²) in [7, 11) is 0. The average Bonchev–Trinajstić information content (AvgIpc) is 3.17. The van der Waals surface area contributed by atoms with E-state index < -0.39 is 0 Å². The van der Waals surface area contributed by atoms with Crippen molar-refractivity contribution in [2.75, 3.05) is 39.3 Å². The summed E-state index contributed by atoms with van der Waals surface area (Å²) in [4.78, 5) is 42.2. The molecule has 7 heteroatoms. The molecular weight excluding hydrogens is 310 g/mol. The van der Waals surface area contributed by atoms with E-state index in [1.165, 1.54) is 12.5 Å². The Kier molecular flexibility index (Phi) is 4.87. The third-order valence-electron chi connectivity index (χ3n) is 4.81. The quantitative estimate of drug-likeness (QED) is 0.821.